The van der Waals surface area contributed by atoms with Crippen molar-refractivity contribution in [3.63, 3.8) is 0 Å². The van der Waals surface area contributed by atoms with Crippen LogP contribution in [0.3, 0.4) is 0 Å². The van der Waals surface area contributed by atoms with E-state index in [0.717, 1.165) is 51.3 Å². The van der Waals surface area contributed by atoms with Crippen molar-refractivity contribution in [3.05, 3.63) is 10.4 Å². The Balaban J connectivity index is 1.75. The number of ether oxygens (including phenoxy) is 1. The summed E-state index contributed by atoms with van der Waals surface area (Å²) in [5.41, 5.74) is 0.787. The van der Waals surface area contributed by atoms with Crippen LogP contribution in [0, 0.1) is 17.8 Å². The Labute approximate surface area is 188 Å². The van der Waals surface area contributed by atoms with Crippen LogP contribution in [0.25, 0.3) is 11.2 Å². The van der Waals surface area contributed by atoms with E-state index < -0.39 is 0 Å². The number of carbonyl (C=O) groups is 1. The maximum absolute atomic E-state index is 13.5. The van der Waals surface area contributed by atoms with E-state index in [0.29, 0.717) is 36.8 Å². The fraction of sp³-hybridized carbons (Fsp3) is 0.652. The van der Waals surface area contributed by atoms with Gasteiger partial charge in [-0.2, -0.15) is 9.97 Å². The first-order valence-corrected chi connectivity index (χ1v) is 11.6. The van der Waals surface area contributed by atoms with Crippen LogP contribution in [-0.4, -0.2) is 57.9 Å². The van der Waals surface area contributed by atoms with E-state index in [4.69, 9.17) is 14.7 Å². The van der Waals surface area contributed by atoms with Gasteiger partial charge in [-0.3, -0.25) is 18.7 Å². The molecule has 2 aromatic rings. The van der Waals surface area contributed by atoms with Gasteiger partial charge < -0.3 is 14.5 Å². The molecule has 172 valence electrons. The third-order valence-corrected chi connectivity index (χ3v) is 6.32. The van der Waals surface area contributed by atoms with Crippen molar-refractivity contribution >= 4 is 29.0 Å². The molecule has 0 aromatic carbocycles. The first kappa shape index (κ1) is 22.2. The molecule has 0 unspecified atom stereocenters. The van der Waals surface area contributed by atoms with Gasteiger partial charge in [-0.15, -0.1) is 5.92 Å². The summed E-state index contributed by atoms with van der Waals surface area (Å²) < 4.78 is 8.71. The van der Waals surface area contributed by atoms with Crippen LogP contribution in [0.15, 0.2) is 4.79 Å². The van der Waals surface area contributed by atoms with Gasteiger partial charge in [0.2, 0.25) is 11.9 Å². The van der Waals surface area contributed by atoms with Gasteiger partial charge >= 0.3 is 5.97 Å². The number of carbonyl (C=O) groups excluding carboxylic acids is 1. The topological polar surface area (TPSA) is 85.5 Å². The molecule has 2 aromatic heterocycles. The molecule has 32 heavy (non-hydrogen) atoms. The Morgan fingerprint density at radius 1 is 1.09 bits per heavy atom. The Morgan fingerprint density at radius 3 is 2.53 bits per heavy atom. The highest BCUT2D eigenvalue weighted by molar-refractivity contribution is 5.76. The fourth-order valence-corrected chi connectivity index (χ4v) is 4.67. The summed E-state index contributed by atoms with van der Waals surface area (Å²) in [4.78, 5) is 39.6. The lowest BCUT2D eigenvalue weighted by Gasteiger charge is -2.32. The van der Waals surface area contributed by atoms with Gasteiger partial charge in [0.25, 0.3) is 5.56 Å². The van der Waals surface area contributed by atoms with Crippen molar-refractivity contribution < 1.29 is 9.53 Å². The zero-order chi connectivity index (χ0) is 22.7. The first-order chi connectivity index (χ1) is 15.5. The van der Waals surface area contributed by atoms with Gasteiger partial charge in [-0.25, -0.2) is 0 Å². The van der Waals surface area contributed by atoms with Gasteiger partial charge in [0.05, 0.1) is 19.1 Å². The smallest absolute Gasteiger partial charge is 0.310 e. The Bertz CT molecular complexity index is 1100. The minimum atomic E-state index is -0.211. The lowest BCUT2D eigenvalue weighted by molar-refractivity contribution is -0.148. The lowest BCUT2D eigenvalue weighted by Crippen LogP contribution is -2.42. The maximum Gasteiger partial charge on any atom is 0.310 e. The number of esters is 1. The zero-order valence-corrected chi connectivity index (χ0v) is 19.3. The van der Waals surface area contributed by atoms with E-state index in [9.17, 15) is 9.59 Å². The quantitative estimate of drug-likeness (QED) is 0.519. The molecule has 9 heteroatoms. The summed E-state index contributed by atoms with van der Waals surface area (Å²) in [5, 5.41) is 0. The molecule has 2 saturated heterocycles. The van der Waals surface area contributed by atoms with Gasteiger partial charge in [0.1, 0.15) is 0 Å². The van der Waals surface area contributed by atoms with E-state index in [1.807, 2.05) is 16.4 Å². The summed E-state index contributed by atoms with van der Waals surface area (Å²) in [7, 11) is 1.74. The van der Waals surface area contributed by atoms with Crippen molar-refractivity contribution in [1.82, 2.24) is 19.1 Å². The second-order valence-electron chi connectivity index (χ2n) is 8.46. The molecule has 0 spiro atoms. The van der Waals surface area contributed by atoms with Crippen LogP contribution >= 0.6 is 0 Å². The fourth-order valence-electron chi connectivity index (χ4n) is 4.67. The number of imidazole rings is 1. The highest BCUT2D eigenvalue weighted by Gasteiger charge is 2.30. The van der Waals surface area contributed by atoms with Gasteiger partial charge in [-0.05, 0) is 46.0 Å². The maximum atomic E-state index is 13.5. The number of piperidine rings is 2. The van der Waals surface area contributed by atoms with Gasteiger partial charge in [-0.1, -0.05) is 5.92 Å². The highest BCUT2D eigenvalue weighted by Crippen LogP contribution is 2.26. The minimum Gasteiger partial charge on any atom is -0.466 e. The Kier molecular flexibility index (Phi) is 6.68. The van der Waals surface area contributed by atoms with E-state index in [-0.39, 0.29) is 17.4 Å². The molecule has 0 saturated carbocycles. The average Bonchev–Trinajstić information content (AvgIpc) is 3.19. The molecule has 1 atom stereocenters. The monoisotopic (exact) mass is 440 g/mol. The Hall–Kier alpha value is -3.02. The summed E-state index contributed by atoms with van der Waals surface area (Å²) in [6.07, 6.45) is 5.07. The number of nitrogens with zero attached hydrogens (tertiary/aromatic N) is 6. The van der Waals surface area contributed by atoms with E-state index in [1.54, 1.807) is 18.5 Å². The Morgan fingerprint density at radius 2 is 1.81 bits per heavy atom. The summed E-state index contributed by atoms with van der Waals surface area (Å²) in [6.45, 7) is 7.46. The third kappa shape index (κ3) is 4.18. The number of hydrogen-bond donors (Lipinski definition) is 0. The largest absolute Gasteiger partial charge is 0.466 e. The predicted molar refractivity (Wildman–Crippen MR) is 124 cm³/mol. The number of rotatable bonds is 5. The van der Waals surface area contributed by atoms with E-state index in [1.165, 1.54) is 6.42 Å². The zero-order valence-electron chi connectivity index (χ0n) is 19.3. The molecule has 0 aliphatic carbocycles. The molecule has 0 radical (unpaired) electrons. The summed E-state index contributed by atoms with van der Waals surface area (Å²) in [6, 6.07) is 0. The molecule has 0 N–H and O–H groups in total. The SMILES string of the molecule is CC#CCn1c(N2CCCCC2)nc2nc(N3CCC[C@@H](C(=O)OCC)C3)n(C)c(=O)c21. The van der Waals surface area contributed by atoms with Crippen molar-refractivity contribution in [1.29, 1.82) is 0 Å². The van der Waals surface area contributed by atoms with Crippen molar-refractivity contribution in [2.24, 2.45) is 13.0 Å². The van der Waals surface area contributed by atoms with E-state index >= 15 is 0 Å². The van der Waals surface area contributed by atoms with Crippen LogP contribution in [0.2, 0.25) is 0 Å². The number of fused-ring (bicyclic) bond motifs is 1. The normalized spacial score (nSPS) is 19.0. The standard InChI is InChI=1S/C23H32N6O3/c1-4-6-15-29-18-19(25-23(29)27-12-8-7-9-13-27)24-22(26(3)20(18)30)28-14-10-11-17(16-28)21(31)32-5-2/h17H,5,7-16H2,1-3H3/t17-/m1/s1. The highest BCUT2D eigenvalue weighted by atomic mass is 16.5. The lowest BCUT2D eigenvalue weighted by atomic mass is 9.98. The summed E-state index contributed by atoms with van der Waals surface area (Å²) >= 11 is 0. The molecule has 2 aliphatic rings. The first-order valence-electron chi connectivity index (χ1n) is 11.6. The number of aromatic nitrogens is 4. The van der Waals surface area contributed by atoms with Gasteiger partial charge in [0, 0.05) is 33.2 Å². The van der Waals surface area contributed by atoms with Crippen LogP contribution in [0.4, 0.5) is 11.9 Å². The molecule has 4 rings (SSSR count). The van der Waals surface area contributed by atoms with E-state index in [2.05, 4.69) is 16.7 Å². The molecule has 0 amide bonds. The third-order valence-electron chi connectivity index (χ3n) is 6.32. The number of hydrogen-bond acceptors (Lipinski definition) is 7. The molecular weight excluding hydrogens is 408 g/mol. The molecule has 0 bridgehead atoms. The summed E-state index contributed by atoms with van der Waals surface area (Å²) in [5.74, 6) is 6.94. The molecule has 2 aliphatic heterocycles. The minimum absolute atomic E-state index is 0.142. The van der Waals surface area contributed by atoms with Crippen LogP contribution < -0.4 is 15.4 Å². The molecule has 2 fully saturated rings. The second-order valence-corrected chi connectivity index (χ2v) is 8.46. The van der Waals surface area contributed by atoms with Crippen molar-refractivity contribution in [2.45, 2.75) is 52.5 Å². The number of anilines is 2. The van der Waals surface area contributed by atoms with Gasteiger partial charge in [0.15, 0.2) is 11.2 Å². The molecular formula is C23H32N6O3. The van der Waals surface area contributed by atoms with Crippen LogP contribution in [-0.2, 0) is 23.1 Å². The molecule has 4 heterocycles. The van der Waals surface area contributed by atoms with Crippen LogP contribution in [0.1, 0.15) is 46.0 Å². The van der Waals surface area contributed by atoms with Crippen molar-refractivity contribution in [2.75, 3.05) is 42.6 Å². The molecule has 9 nitrogen and oxygen atoms in total. The average molecular weight is 441 g/mol. The predicted octanol–water partition coefficient (Wildman–Crippen LogP) is 1.92. The second kappa shape index (κ2) is 9.63. The van der Waals surface area contributed by atoms with Crippen molar-refractivity contribution in [3.8, 4) is 11.8 Å². The van der Waals surface area contributed by atoms with Crippen LogP contribution in [0.5, 0.6) is 0 Å².